The maximum Gasteiger partial charge on any atom is 0.407 e. The lowest BCUT2D eigenvalue weighted by Crippen LogP contribution is -2.52. The fourth-order valence-corrected chi connectivity index (χ4v) is 4.13. The molecule has 0 saturated heterocycles. The standard InChI is InChI=1S/C27H34N2O5/c1-5-27(3,4)17(2)28-25(32)23(14-15-24(30)31)29-26(33)34-16-22-20-12-8-6-10-18(20)19-11-7-9-13-21(19)22/h6-13,17,22-23H,5,14-16H2,1-4H3,(H,28,32)(H,29,33)(H,30,31). The van der Waals surface area contributed by atoms with E-state index in [0.29, 0.717) is 0 Å². The number of carbonyl (C=O) groups excluding carboxylic acids is 2. The number of ether oxygens (including phenoxy) is 1. The number of carboxylic acid groups (broad SMARTS) is 1. The molecule has 2 aromatic carbocycles. The van der Waals surface area contributed by atoms with Crippen LogP contribution < -0.4 is 10.6 Å². The van der Waals surface area contributed by atoms with Crippen LogP contribution in [0.4, 0.5) is 4.79 Å². The van der Waals surface area contributed by atoms with Crippen molar-refractivity contribution in [3.05, 3.63) is 59.7 Å². The molecule has 34 heavy (non-hydrogen) atoms. The molecule has 0 fully saturated rings. The van der Waals surface area contributed by atoms with Crippen LogP contribution in [0.3, 0.4) is 0 Å². The monoisotopic (exact) mass is 466 g/mol. The summed E-state index contributed by atoms with van der Waals surface area (Å²) in [5.41, 5.74) is 4.29. The van der Waals surface area contributed by atoms with Crippen molar-refractivity contribution in [2.45, 2.75) is 65.0 Å². The van der Waals surface area contributed by atoms with E-state index in [9.17, 15) is 14.4 Å². The summed E-state index contributed by atoms with van der Waals surface area (Å²) < 4.78 is 5.54. The van der Waals surface area contributed by atoms with E-state index in [0.717, 1.165) is 28.7 Å². The van der Waals surface area contributed by atoms with Gasteiger partial charge in [-0.05, 0) is 47.4 Å². The highest BCUT2D eigenvalue weighted by atomic mass is 16.5. The molecule has 3 N–H and O–H groups in total. The first-order valence-electron chi connectivity index (χ1n) is 11.8. The van der Waals surface area contributed by atoms with Crippen molar-refractivity contribution >= 4 is 18.0 Å². The highest BCUT2D eigenvalue weighted by molar-refractivity contribution is 5.86. The van der Waals surface area contributed by atoms with Crippen LogP contribution in [-0.4, -0.2) is 41.8 Å². The number of hydrogen-bond acceptors (Lipinski definition) is 4. The molecule has 0 aromatic heterocycles. The van der Waals surface area contributed by atoms with E-state index >= 15 is 0 Å². The number of aliphatic carboxylic acids is 1. The molecule has 0 radical (unpaired) electrons. The fourth-order valence-electron chi connectivity index (χ4n) is 4.13. The lowest BCUT2D eigenvalue weighted by atomic mass is 9.82. The number of carbonyl (C=O) groups is 3. The van der Waals surface area contributed by atoms with Crippen molar-refractivity contribution in [1.82, 2.24) is 10.6 Å². The maximum absolute atomic E-state index is 12.9. The van der Waals surface area contributed by atoms with Gasteiger partial charge in [0, 0.05) is 18.4 Å². The smallest absolute Gasteiger partial charge is 0.407 e. The summed E-state index contributed by atoms with van der Waals surface area (Å²) in [6.07, 6.45) is -0.152. The van der Waals surface area contributed by atoms with Crippen LogP contribution in [0.15, 0.2) is 48.5 Å². The van der Waals surface area contributed by atoms with Crippen molar-refractivity contribution in [2.75, 3.05) is 6.61 Å². The van der Waals surface area contributed by atoms with E-state index in [-0.39, 0.29) is 36.8 Å². The number of carboxylic acids is 1. The summed E-state index contributed by atoms with van der Waals surface area (Å²) in [4.78, 5) is 36.6. The summed E-state index contributed by atoms with van der Waals surface area (Å²) in [6.45, 7) is 8.15. The molecule has 3 rings (SSSR count). The number of alkyl carbamates (subject to hydrolysis) is 1. The minimum Gasteiger partial charge on any atom is -0.481 e. The summed E-state index contributed by atoms with van der Waals surface area (Å²) in [6, 6.07) is 14.9. The molecular formula is C27H34N2O5. The zero-order valence-electron chi connectivity index (χ0n) is 20.3. The lowest BCUT2D eigenvalue weighted by Gasteiger charge is -2.32. The highest BCUT2D eigenvalue weighted by Gasteiger charge is 2.31. The van der Waals surface area contributed by atoms with Gasteiger partial charge in [-0.15, -0.1) is 0 Å². The first-order valence-corrected chi connectivity index (χ1v) is 11.8. The predicted molar refractivity (Wildman–Crippen MR) is 131 cm³/mol. The van der Waals surface area contributed by atoms with Crippen molar-refractivity contribution in [2.24, 2.45) is 5.41 Å². The van der Waals surface area contributed by atoms with Crippen molar-refractivity contribution in [3.8, 4) is 11.1 Å². The molecule has 1 aliphatic rings. The Bertz CT molecular complexity index is 1000. The number of fused-ring (bicyclic) bond motifs is 3. The van der Waals surface area contributed by atoms with E-state index in [1.807, 2.05) is 64.1 Å². The maximum atomic E-state index is 12.9. The topological polar surface area (TPSA) is 105 Å². The highest BCUT2D eigenvalue weighted by Crippen LogP contribution is 2.44. The average molecular weight is 467 g/mol. The molecule has 0 spiro atoms. The molecule has 0 saturated carbocycles. The number of benzene rings is 2. The average Bonchev–Trinajstić information content (AvgIpc) is 3.13. The zero-order chi connectivity index (χ0) is 24.9. The van der Waals surface area contributed by atoms with Gasteiger partial charge in [0.15, 0.2) is 0 Å². The second-order valence-electron chi connectivity index (χ2n) is 9.53. The third kappa shape index (κ3) is 5.76. The zero-order valence-corrected chi connectivity index (χ0v) is 20.3. The van der Waals surface area contributed by atoms with Crippen LogP contribution in [0.5, 0.6) is 0 Å². The molecule has 7 heteroatoms. The fraction of sp³-hybridized carbons (Fsp3) is 0.444. The lowest BCUT2D eigenvalue weighted by molar-refractivity contribution is -0.137. The SMILES string of the molecule is CCC(C)(C)C(C)NC(=O)C(CCC(=O)O)NC(=O)OCC1c2ccccc2-c2ccccc21. The van der Waals surface area contributed by atoms with Crippen LogP contribution in [0.1, 0.15) is 64.0 Å². The van der Waals surface area contributed by atoms with Gasteiger partial charge in [0.1, 0.15) is 12.6 Å². The molecule has 0 bridgehead atoms. The molecule has 182 valence electrons. The molecule has 0 aliphatic heterocycles. The second-order valence-corrected chi connectivity index (χ2v) is 9.53. The van der Waals surface area contributed by atoms with Gasteiger partial charge in [-0.1, -0.05) is 69.3 Å². The molecule has 2 aromatic rings. The van der Waals surface area contributed by atoms with Gasteiger partial charge in [0.2, 0.25) is 5.91 Å². The summed E-state index contributed by atoms with van der Waals surface area (Å²) in [5.74, 6) is -1.55. The third-order valence-corrected chi connectivity index (χ3v) is 7.04. The number of amides is 2. The van der Waals surface area contributed by atoms with Crippen LogP contribution in [0, 0.1) is 5.41 Å². The van der Waals surface area contributed by atoms with Gasteiger partial charge < -0.3 is 20.5 Å². The largest absolute Gasteiger partial charge is 0.481 e. The van der Waals surface area contributed by atoms with E-state index in [4.69, 9.17) is 9.84 Å². The van der Waals surface area contributed by atoms with Gasteiger partial charge in [-0.3, -0.25) is 9.59 Å². The van der Waals surface area contributed by atoms with Crippen LogP contribution in [0.25, 0.3) is 11.1 Å². The van der Waals surface area contributed by atoms with Crippen LogP contribution in [0.2, 0.25) is 0 Å². The van der Waals surface area contributed by atoms with E-state index in [1.165, 1.54) is 0 Å². The van der Waals surface area contributed by atoms with Crippen LogP contribution >= 0.6 is 0 Å². The summed E-state index contributed by atoms with van der Waals surface area (Å²) >= 11 is 0. The Hall–Kier alpha value is -3.35. The summed E-state index contributed by atoms with van der Waals surface area (Å²) in [5, 5.41) is 14.6. The van der Waals surface area contributed by atoms with E-state index in [2.05, 4.69) is 22.8 Å². The van der Waals surface area contributed by atoms with Crippen molar-refractivity contribution in [1.29, 1.82) is 0 Å². The molecular weight excluding hydrogens is 432 g/mol. The molecule has 2 atom stereocenters. The van der Waals surface area contributed by atoms with Gasteiger partial charge in [-0.2, -0.15) is 0 Å². The minimum absolute atomic E-state index is 0.0232. The first kappa shape index (κ1) is 25.3. The Morgan fingerprint density at radius 1 is 1.00 bits per heavy atom. The number of hydrogen-bond donors (Lipinski definition) is 3. The van der Waals surface area contributed by atoms with Crippen LogP contribution in [-0.2, 0) is 14.3 Å². The molecule has 2 amide bonds. The normalized spacial score (nSPS) is 14.5. The predicted octanol–water partition coefficient (Wildman–Crippen LogP) is 4.70. The number of nitrogens with one attached hydrogen (secondary N) is 2. The quantitative estimate of drug-likeness (QED) is 0.471. The van der Waals surface area contributed by atoms with Crippen molar-refractivity contribution < 1.29 is 24.2 Å². The van der Waals surface area contributed by atoms with Gasteiger partial charge in [-0.25, -0.2) is 4.79 Å². The minimum atomic E-state index is -1.03. The van der Waals surface area contributed by atoms with E-state index < -0.39 is 24.0 Å². The van der Waals surface area contributed by atoms with Gasteiger partial charge in [0.25, 0.3) is 0 Å². The Kier molecular flexibility index (Phi) is 7.97. The van der Waals surface area contributed by atoms with Gasteiger partial charge >= 0.3 is 12.1 Å². The Morgan fingerprint density at radius 3 is 2.09 bits per heavy atom. The van der Waals surface area contributed by atoms with Crippen molar-refractivity contribution in [3.63, 3.8) is 0 Å². The van der Waals surface area contributed by atoms with E-state index in [1.54, 1.807) is 0 Å². The first-order chi connectivity index (χ1) is 16.1. The molecule has 1 aliphatic carbocycles. The molecule has 2 unspecified atom stereocenters. The Balaban J connectivity index is 1.66. The Morgan fingerprint density at radius 2 is 1.56 bits per heavy atom. The molecule has 0 heterocycles. The molecule has 7 nitrogen and oxygen atoms in total. The summed E-state index contributed by atoms with van der Waals surface area (Å²) in [7, 11) is 0. The number of rotatable bonds is 10. The third-order valence-electron chi connectivity index (χ3n) is 7.04. The van der Waals surface area contributed by atoms with Gasteiger partial charge in [0.05, 0.1) is 0 Å². The Labute approximate surface area is 200 Å². The second kappa shape index (κ2) is 10.7.